The standard InChI is InChI=1S/C30H40ClNO3/c1-3-19-8-12-25(13-9-19)35-28-15-11-20-16-21(10-14-26(20)29(28)31)27(4-2)32-23-6-5-7-24(32)18-22(17-23)30(33)34/h10-11,14-16,19,22-25,27H,3-9,12-13,17-18H2,1-2H3,(H,33,34)/t19-,22?,23?,24?,25+,27-/m0/s1. The molecule has 35 heavy (non-hydrogen) atoms. The van der Waals surface area contributed by atoms with Gasteiger partial charge in [0, 0.05) is 23.5 Å². The second-order valence-electron chi connectivity index (χ2n) is 11.1. The number of benzene rings is 2. The maximum absolute atomic E-state index is 11.7. The maximum Gasteiger partial charge on any atom is 0.306 e. The zero-order chi connectivity index (χ0) is 24.5. The van der Waals surface area contributed by atoms with E-state index in [9.17, 15) is 9.90 Å². The molecule has 3 atom stereocenters. The lowest BCUT2D eigenvalue weighted by Gasteiger charge is -2.51. The summed E-state index contributed by atoms with van der Waals surface area (Å²) >= 11 is 6.86. The van der Waals surface area contributed by atoms with Crippen LogP contribution >= 0.6 is 11.6 Å². The van der Waals surface area contributed by atoms with Gasteiger partial charge in [0.15, 0.2) is 0 Å². The first-order valence-corrected chi connectivity index (χ1v) is 14.2. The molecule has 2 saturated heterocycles. The number of piperidine rings is 2. The molecule has 2 bridgehead atoms. The van der Waals surface area contributed by atoms with Crippen LogP contribution in [-0.2, 0) is 4.79 Å². The Morgan fingerprint density at radius 2 is 1.77 bits per heavy atom. The van der Waals surface area contributed by atoms with Crippen LogP contribution in [0.25, 0.3) is 10.8 Å². The van der Waals surface area contributed by atoms with Gasteiger partial charge in [0.05, 0.1) is 17.0 Å². The van der Waals surface area contributed by atoms with E-state index in [0.29, 0.717) is 18.1 Å². The molecule has 2 aromatic carbocycles. The lowest BCUT2D eigenvalue weighted by atomic mass is 9.76. The van der Waals surface area contributed by atoms with Crippen molar-refractivity contribution in [2.75, 3.05) is 0 Å². The van der Waals surface area contributed by atoms with Crippen molar-refractivity contribution in [3.63, 3.8) is 0 Å². The summed E-state index contributed by atoms with van der Waals surface area (Å²) in [4.78, 5) is 14.4. The van der Waals surface area contributed by atoms with E-state index < -0.39 is 5.97 Å². The van der Waals surface area contributed by atoms with Crippen molar-refractivity contribution in [1.29, 1.82) is 0 Å². The molecular weight excluding hydrogens is 458 g/mol. The third kappa shape index (κ3) is 5.06. The summed E-state index contributed by atoms with van der Waals surface area (Å²) in [6.07, 6.45) is 12.3. The number of aliphatic carboxylic acids is 1. The molecule has 2 unspecified atom stereocenters. The lowest BCUT2D eigenvalue weighted by Crippen LogP contribution is -2.54. The Bertz CT molecular complexity index is 1030. The molecule has 190 valence electrons. The Morgan fingerprint density at radius 1 is 1.06 bits per heavy atom. The average molecular weight is 498 g/mol. The molecule has 1 aliphatic carbocycles. The summed E-state index contributed by atoms with van der Waals surface area (Å²) in [6.45, 7) is 4.54. The van der Waals surface area contributed by atoms with E-state index in [-0.39, 0.29) is 12.0 Å². The molecule has 2 aromatic rings. The first-order valence-electron chi connectivity index (χ1n) is 13.9. The number of ether oxygens (including phenoxy) is 1. The summed E-state index contributed by atoms with van der Waals surface area (Å²) in [7, 11) is 0. The molecule has 4 nitrogen and oxygen atoms in total. The van der Waals surface area contributed by atoms with Gasteiger partial charge in [-0.1, -0.05) is 56.5 Å². The Balaban J connectivity index is 1.36. The molecule has 5 heteroatoms. The average Bonchev–Trinajstić information content (AvgIpc) is 2.86. The molecule has 3 aliphatic rings. The van der Waals surface area contributed by atoms with E-state index in [2.05, 4.69) is 43.0 Å². The second kappa shape index (κ2) is 10.7. The smallest absolute Gasteiger partial charge is 0.306 e. The van der Waals surface area contributed by atoms with Gasteiger partial charge in [-0.2, -0.15) is 0 Å². The molecule has 0 radical (unpaired) electrons. The number of rotatable bonds is 7. The lowest BCUT2D eigenvalue weighted by molar-refractivity contribution is -0.147. The Kier molecular flexibility index (Phi) is 7.60. The number of fused-ring (bicyclic) bond motifs is 3. The largest absolute Gasteiger partial charge is 0.489 e. The van der Waals surface area contributed by atoms with E-state index in [4.69, 9.17) is 16.3 Å². The van der Waals surface area contributed by atoms with Gasteiger partial charge in [0.2, 0.25) is 0 Å². The van der Waals surface area contributed by atoms with Gasteiger partial charge < -0.3 is 9.84 Å². The molecule has 2 heterocycles. The number of carboxylic acid groups (broad SMARTS) is 1. The van der Waals surface area contributed by atoms with Crippen molar-refractivity contribution < 1.29 is 14.6 Å². The fourth-order valence-corrected chi connectivity index (χ4v) is 7.45. The van der Waals surface area contributed by atoms with Crippen LogP contribution in [0.1, 0.15) is 96.1 Å². The predicted octanol–water partition coefficient (Wildman–Crippen LogP) is 8.01. The minimum absolute atomic E-state index is 0.190. The molecule has 1 N–H and O–H groups in total. The van der Waals surface area contributed by atoms with Gasteiger partial charge >= 0.3 is 5.97 Å². The van der Waals surface area contributed by atoms with Gasteiger partial charge in [0.1, 0.15) is 5.75 Å². The summed E-state index contributed by atoms with van der Waals surface area (Å²) in [5.41, 5.74) is 1.31. The zero-order valence-electron chi connectivity index (χ0n) is 21.2. The summed E-state index contributed by atoms with van der Waals surface area (Å²) in [6, 6.07) is 11.9. The van der Waals surface area contributed by atoms with Gasteiger partial charge in [-0.25, -0.2) is 0 Å². The SMILES string of the molecule is CC[C@@H](c1ccc2c(Cl)c(O[C@H]3CC[C@@H](CC)CC3)ccc2c1)N1C2CCCC1CC(C(=O)O)C2. The second-order valence-corrected chi connectivity index (χ2v) is 11.5. The van der Waals surface area contributed by atoms with Crippen LogP contribution in [0.4, 0.5) is 0 Å². The normalized spacial score (nSPS) is 30.2. The molecule has 0 aromatic heterocycles. The van der Waals surface area contributed by atoms with Crippen LogP contribution in [0.3, 0.4) is 0 Å². The molecule has 0 spiro atoms. The highest BCUT2D eigenvalue weighted by Crippen LogP contribution is 2.44. The molecule has 3 fully saturated rings. The van der Waals surface area contributed by atoms with E-state index in [0.717, 1.165) is 72.4 Å². The van der Waals surface area contributed by atoms with E-state index >= 15 is 0 Å². The molecular formula is C30H40ClNO3. The van der Waals surface area contributed by atoms with E-state index in [1.165, 1.54) is 31.2 Å². The first kappa shape index (κ1) is 24.9. The van der Waals surface area contributed by atoms with Crippen molar-refractivity contribution in [2.45, 2.75) is 109 Å². The monoisotopic (exact) mass is 497 g/mol. The van der Waals surface area contributed by atoms with Crippen molar-refractivity contribution in [3.8, 4) is 5.75 Å². The fraction of sp³-hybridized carbons (Fsp3) is 0.633. The third-order valence-corrected chi connectivity index (χ3v) is 9.51. The minimum atomic E-state index is -0.619. The topological polar surface area (TPSA) is 49.8 Å². The fourth-order valence-electron chi connectivity index (χ4n) is 7.17. The maximum atomic E-state index is 11.7. The van der Waals surface area contributed by atoms with Gasteiger partial charge in [-0.15, -0.1) is 0 Å². The Hall–Kier alpha value is -1.78. The van der Waals surface area contributed by atoms with Crippen molar-refractivity contribution in [3.05, 3.63) is 40.9 Å². The zero-order valence-corrected chi connectivity index (χ0v) is 22.0. The van der Waals surface area contributed by atoms with Crippen LogP contribution in [0.5, 0.6) is 5.75 Å². The van der Waals surface area contributed by atoms with E-state index in [1.54, 1.807) is 0 Å². The minimum Gasteiger partial charge on any atom is -0.489 e. The van der Waals surface area contributed by atoms with Crippen LogP contribution in [0.2, 0.25) is 5.02 Å². The molecule has 0 amide bonds. The number of halogens is 1. The van der Waals surface area contributed by atoms with Crippen LogP contribution in [-0.4, -0.2) is 34.2 Å². The first-order chi connectivity index (χ1) is 17.0. The predicted molar refractivity (Wildman–Crippen MR) is 142 cm³/mol. The Labute approximate surface area is 215 Å². The Morgan fingerprint density at radius 3 is 2.40 bits per heavy atom. The third-order valence-electron chi connectivity index (χ3n) is 9.12. The number of nitrogens with zero attached hydrogens (tertiary/aromatic N) is 1. The van der Waals surface area contributed by atoms with Crippen molar-refractivity contribution in [2.24, 2.45) is 11.8 Å². The van der Waals surface area contributed by atoms with Gasteiger partial charge in [-0.05, 0) is 86.8 Å². The van der Waals surface area contributed by atoms with Crippen LogP contribution in [0, 0.1) is 11.8 Å². The van der Waals surface area contributed by atoms with Crippen molar-refractivity contribution >= 4 is 28.3 Å². The van der Waals surface area contributed by atoms with Crippen LogP contribution < -0.4 is 4.74 Å². The molecule has 1 saturated carbocycles. The number of hydrogen-bond donors (Lipinski definition) is 1. The van der Waals surface area contributed by atoms with Gasteiger partial charge in [-0.3, -0.25) is 9.69 Å². The number of carbonyl (C=O) groups is 1. The van der Waals surface area contributed by atoms with E-state index in [1.807, 2.05) is 6.07 Å². The number of carboxylic acids is 1. The highest BCUT2D eigenvalue weighted by atomic mass is 35.5. The summed E-state index contributed by atoms with van der Waals surface area (Å²) < 4.78 is 6.37. The van der Waals surface area contributed by atoms with Crippen molar-refractivity contribution in [1.82, 2.24) is 4.90 Å². The number of hydrogen-bond acceptors (Lipinski definition) is 3. The quantitative estimate of drug-likeness (QED) is 0.420. The highest BCUT2D eigenvalue weighted by Gasteiger charge is 2.43. The molecule has 5 rings (SSSR count). The summed E-state index contributed by atoms with van der Waals surface area (Å²) in [5.74, 6) is 0.849. The van der Waals surface area contributed by atoms with Gasteiger partial charge in [0.25, 0.3) is 0 Å². The van der Waals surface area contributed by atoms with Crippen LogP contribution in [0.15, 0.2) is 30.3 Å². The molecule has 2 aliphatic heterocycles. The summed E-state index contributed by atoms with van der Waals surface area (Å²) in [5, 5.41) is 12.6. The highest BCUT2D eigenvalue weighted by molar-refractivity contribution is 6.37.